The molecule has 1 aromatic carbocycles. The number of anilines is 2. The third kappa shape index (κ3) is 6.13. The Hall–Kier alpha value is -1.44. The maximum atomic E-state index is 12.2. The number of rotatable bonds is 5. The molecule has 0 aliphatic rings. The molecule has 0 heterocycles. The van der Waals surface area contributed by atoms with Crippen molar-refractivity contribution in [3.8, 4) is 0 Å². The molecule has 0 unspecified atom stereocenters. The molecule has 0 spiro atoms. The quantitative estimate of drug-likeness (QED) is 0.842. The van der Waals surface area contributed by atoms with Crippen LogP contribution in [0.3, 0.4) is 0 Å². The zero-order valence-corrected chi connectivity index (χ0v) is 11.3. The molecule has 1 aromatic rings. The Balaban J connectivity index is -0.00000120. The number of benzene rings is 1. The van der Waals surface area contributed by atoms with Gasteiger partial charge in [-0.05, 0) is 32.0 Å². The molecule has 1 N–H and O–H groups in total. The molecule has 0 aliphatic heterocycles. The summed E-state index contributed by atoms with van der Waals surface area (Å²) in [5.41, 5.74) is -4.77. The minimum Gasteiger partial charge on any atom is -0.372 e. The van der Waals surface area contributed by atoms with E-state index in [9.17, 15) is 21.6 Å². The molecular formula is C14H27F3N2O2S. The van der Waals surface area contributed by atoms with E-state index in [2.05, 4.69) is 0 Å². The normalized spacial score (nSPS) is 10.6. The zero-order valence-electron chi connectivity index (χ0n) is 10.5. The first kappa shape index (κ1) is 25.5. The number of hydrogen-bond acceptors (Lipinski definition) is 3. The van der Waals surface area contributed by atoms with E-state index in [1.54, 1.807) is 6.07 Å². The maximum absolute atomic E-state index is 12.2. The lowest BCUT2D eigenvalue weighted by Gasteiger charge is -2.21. The zero-order chi connectivity index (χ0) is 14.7. The highest BCUT2D eigenvalue weighted by atomic mass is 32.2. The molecule has 132 valence electrons. The summed E-state index contributed by atoms with van der Waals surface area (Å²) in [5, 5.41) is 0. The van der Waals surface area contributed by atoms with Gasteiger partial charge in [0.25, 0.3) is 0 Å². The van der Waals surface area contributed by atoms with Crippen LogP contribution in [0.25, 0.3) is 0 Å². The van der Waals surface area contributed by atoms with Crippen molar-refractivity contribution in [2.24, 2.45) is 0 Å². The predicted octanol–water partition coefficient (Wildman–Crippen LogP) is 4.70. The molecule has 0 bridgehead atoms. The van der Waals surface area contributed by atoms with Gasteiger partial charge in [-0.15, -0.1) is 0 Å². The molecule has 0 amide bonds. The van der Waals surface area contributed by atoms with Crippen molar-refractivity contribution in [3.05, 3.63) is 24.3 Å². The predicted molar refractivity (Wildman–Crippen MR) is 88.8 cm³/mol. The van der Waals surface area contributed by atoms with Crippen molar-refractivity contribution >= 4 is 21.4 Å². The molecular weight excluding hydrogens is 317 g/mol. The molecule has 0 saturated heterocycles. The van der Waals surface area contributed by atoms with E-state index < -0.39 is 15.5 Å². The van der Waals surface area contributed by atoms with E-state index in [-0.39, 0.29) is 28.0 Å². The highest BCUT2D eigenvalue weighted by Gasteiger charge is 2.46. The first-order valence-corrected chi connectivity index (χ1v) is 7.13. The van der Waals surface area contributed by atoms with Crippen LogP contribution in [0.4, 0.5) is 24.5 Å². The molecule has 1 rings (SSSR count). The second-order valence-corrected chi connectivity index (χ2v) is 5.45. The molecule has 0 radical (unpaired) electrons. The van der Waals surface area contributed by atoms with Gasteiger partial charge in [0, 0.05) is 18.8 Å². The first-order chi connectivity index (χ1) is 8.71. The van der Waals surface area contributed by atoms with Crippen molar-refractivity contribution in [1.29, 1.82) is 0 Å². The summed E-state index contributed by atoms with van der Waals surface area (Å²) in [6.45, 7) is 5.14. The van der Waals surface area contributed by atoms with Crippen LogP contribution < -0.4 is 9.62 Å². The number of nitrogens with zero attached hydrogens (tertiary/aromatic N) is 1. The van der Waals surface area contributed by atoms with Crippen molar-refractivity contribution in [1.82, 2.24) is 0 Å². The van der Waals surface area contributed by atoms with Gasteiger partial charge < -0.3 is 4.90 Å². The van der Waals surface area contributed by atoms with Crippen LogP contribution in [0.2, 0.25) is 0 Å². The third-order valence-corrected chi connectivity index (χ3v) is 3.65. The molecule has 0 aliphatic carbocycles. The highest BCUT2D eigenvalue weighted by Crippen LogP contribution is 2.27. The lowest BCUT2D eigenvalue weighted by Crippen LogP contribution is -2.30. The average Bonchev–Trinajstić information content (AvgIpc) is 2.29. The Morgan fingerprint density at radius 3 is 2.00 bits per heavy atom. The molecule has 0 fully saturated rings. The summed E-state index contributed by atoms with van der Waals surface area (Å²) in [5.74, 6) is 0. The maximum Gasteiger partial charge on any atom is 0.516 e. The van der Waals surface area contributed by atoms with Gasteiger partial charge in [-0.3, -0.25) is 4.72 Å². The van der Waals surface area contributed by atoms with E-state index in [1.807, 2.05) is 18.7 Å². The van der Waals surface area contributed by atoms with Gasteiger partial charge >= 0.3 is 15.5 Å². The van der Waals surface area contributed by atoms with Crippen molar-refractivity contribution in [2.75, 3.05) is 22.7 Å². The van der Waals surface area contributed by atoms with Crippen LogP contribution in [-0.4, -0.2) is 27.0 Å². The van der Waals surface area contributed by atoms with Crippen LogP contribution >= 0.6 is 0 Å². The van der Waals surface area contributed by atoms with Crippen molar-refractivity contribution in [2.45, 2.75) is 41.6 Å². The van der Waals surface area contributed by atoms with E-state index >= 15 is 0 Å². The number of nitrogens with one attached hydrogen (secondary N) is 1. The Labute approximate surface area is 132 Å². The Morgan fingerprint density at radius 2 is 1.59 bits per heavy atom. The molecule has 4 nitrogen and oxygen atoms in total. The number of alkyl halides is 3. The van der Waals surface area contributed by atoms with E-state index in [0.717, 1.165) is 0 Å². The van der Waals surface area contributed by atoms with Gasteiger partial charge in [0.1, 0.15) is 0 Å². The fourth-order valence-corrected chi connectivity index (χ4v) is 2.12. The fourth-order valence-electron chi connectivity index (χ4n) is 1.57. The van der Waals surface area contributed by atoms with Gasteiger partial charge in [0.05, 0.1) is 5.69 Å². The Kier molecular flexibility index (Phi) is 11.1. The average molecular weight is 344 g/mol. The number of hydrogen-bond donors (Lipinski definition) is 1. The van der Waals surface area contributed by atoms with E-state index in [4.69, 9.17) is 0 Å². The van der Waals surface area contributed by atoms with Crippen molar-refractivity contribution in [3.63, 3.8) is 0 Å². The van der Waals surface area contributed by atoms with Crippen molar-refractivity contribution < 1.29 is 21.6 Å². The monoisotopic (exact) mass is 344 g/mol. The standard InChI is InChI=1S/C11H15F3N2O2S.3CH4/c1-3-16(4-2)10-7-5-6-9(8-10)15-19(17,18)11(12,13)14;;;/h5-8,15H,3-4H2,1-2H3;3*1H4. The van der Waals surface area contributed by atoms with Crippen LogP contribution in [-0.2, 0) is 10.0 Å². The molecule has 0 aromatic heterocycles. The number of halogens is 3. The summed E-state index contributed by atoms with van der Waals surface area (Å²) in [6, 6.07) is 5.85. The molecule has 8 heteroatoms. The topological polar surface area (TPSA) is 49.4 Å². The molecule has 0 saturated carbocycles. The summed E-state index contributed by atoms with van der Waals surface area (Å²) in [7, 11) is -5.38. The SMILES string of the molecule is C.C.C.CCN(CC)c1cccc(NS(=O)(=O)C(F)(F)F)c1. The fraction of sp³-hybridized carbons (Fsp3) is 0.571. The second kappa shape index (κ2) is 9.55. The van der Waals surface area contributed by atoms with E-state index in [0.29, 0.717) is 18.8 Å². The summed E-state index contributed by atoms with van der Waals surface area (Å²) in [4.78, 5) is 1.89. The third-order valence-electron chi connectivity index (χ3n) is 2.53. The lowest BCUT2D eigenvalue weighted by atomic mass is 10.2. The van der Waals surface area contributed by atoms with Crippen LogP contribution in [0.1, 0.15) is 36.1 Å². The smallest absolute Gasteiger partial charge is 0.372 e. The van der Waals surface area contributed by atoms with Gasteiger partial charge in [0.15, 0.2) is 0 Å². The second-order valence-electron chi connectivity index (χ2n) is 3.77. The van der Waals surface area contributed by atoms with Gasteiger partial charge in [-0.25, -0.2) is 0 Å². The van der Waals surface area contributed by atoms with Gasteiger partial charge in [-0.2, -0.15) is 21.6 Å². The Morgan fingerprint density at radius 1 is 1.09 bits per heavy atom. The molecule has 22 heavy (non-hydrogen) atoms. The summed E-state index contributed by atoms with van der Waals surface area (Å²) >= 11 is 0. The largest absolute Gasteiger partial charge is 0.516 e. The highest BCUT2D eigenvalue weighted by molar-refractivity contribution is 7.93. The summed E-state index contributed by atoms with van der Waals surface area (Å²) < 4.78 is 60.3. The lowest BCUT2D eigenvalue weighted by molar-refractivity contribution is -0.0429. The Bertz CT molecular complexity index is 527. The van der Waals surface area contributed by atoms with Gasteiger partial charge in [0.2, 0.25) is 0 Å². The summed E-state index contributed by atoms with van der Waals surface area (Å²) in [6.07, 6.45) is 0. The first-order valence-electron chi connectivity index (χ1n) is 5.65. The van der Waals surface area contributed by atoms with Crippen LogP contribution in [0.15, 0.2) is 24.3 Å². The van der Waals surface area contributed by atoms with Gasteiger partial charge in [-0.1, -0.05) is 28.3 Å². The van der Waals surface area contributed by atoms with Crippen LogP contribution in [0, 0.1) is 0 Å². The number of sulfonamides is 1. The van der Waals surface area contributed by atoms with E-state index in [1.165, 1.54) is 22.9 Å². The van der Waals surface area contributed by atoms with Crippen LogP contribution in [0.5, 0.6) is 0 Å². The minimum atomic E-state index is -5.38. The molecule has 0 atom stereocenters. The minimum absolute atomic E-state index is 0.